The van der Waals surface area contributed by atoms with Crippen molar-refractivity contribution >= 4 is 46.3 Å². The van der Waals surface area contributed by atoms with Crippen LogP contribution in [-0.4, -0.2) is 116 Å². The zero-order valence-electron chi connectivity index (χ0n) is 52.5. The number of para-hydroxylation sites is 6. The quantitative estimate of drug-likeness (QED) is 0.0459. The molecule has 0 saturated heterocycles. The van der Waals surface area contributed by atoms with Crippen molar-refractivity contribution in [2.24, 2.45) is 11.8 Å². The monoisotopic (exact) mass is 1220 g/mol. The van der Waals surface area contributed by atoms with Crippen molar-refractivity contribution in [2.75, 3.05) is 96.8 Å². The minimum atomic E-state index is -4.38. The smallest absolute Gasteiger partial charge is 0.200 e. The minimum Gasteiger partial charge on any atom is -0.497 e. The molecule has 2 aliphatic carbocycles. The van der Waals surface area contributed by atoms with Crippen molar-refractivity contribution in [3.63, 3.8) is 0 Å². The van der Waals surface area contributed by atoms with Gasteiger partial charge < -0.3 is 56.8 Å². The summed E-state index contributed by atoms with van der Waals surface area (Å²) in [7, 11) is 14.5. The maximum atomic E-state index is 16.5. The summed E-state index contributed by atoms with van der Waals surface area (Å²) in [5, 5.41) is 0. The van der Waals surface area contributed by atoms with Gasteiger partial charge in [-0.25, -0.2) is 8.42 Å². The third-order valence-electron chi connectivity index (χ3n) is 15.8. The van der Waals surface area contributed by atoms with E-state index in [4.69, 9.17) is 56.8 Å². The topological polar surface area (TPSA) is 145 Å². The molecule has 0 spiro atoms. The molecule has 0 fully saturated rings. The average Bonchev–Trinajstić information content (AvgIpc) is 0.826. The summed E-state index contributed by atoms with van der Waals surface area (Å²) in [5.74, 6) is 1.58. The molecule has 464 valence electrons. The zero-order valence-corrected chi connectivity index (χ0v) is 53.3. The van der Waals surface area contributed by atoms with Crippen LogP contribution < -0.4 is 28.4 Å². The highest BCUT2D eigenvalue weighted by Gasteiger charge is 2.52. The maximum absolute atomic E-state index is 16.5. The molecule has 6 aromatic carbocycles. The van der Waals surface area contributed by atoms with Crippen molar-refractivity contribution in [3.05, 3.63) is 261 Å². The van der Waals surface area contributed by atoms with Crippen LogP contribution in [-0.2, 0) is 38.3 Å². The van der Waals surface area contributed by atoms with E-state index in [2.05, 4.69) is 0 Å². The van der Waals surface area contributed by atoms with E-state index >= 15 is 8.42 Å². The van der Waals surface area contributed by atoms with Crippen molar-refractivity contribution in [2.45, 2.75) is 11.2 Å². The number of methoxy groups -OCH3 is 12. The third-order valence-corrected chi connectivity index (χ3v) is 17.5. The largest absolute Gasteiger partial charge is 0.497 e. The zero-order chi connectivity index (χ0) is 63.6. The van der Waals surface area contributed by atoms with Gasteiger partial charge in [0.1, 0.15) is 57.5 Å². The molecule has 14 nitrogen and oxygen atoms in total. The van der Waals surface area contributed by atoms with Crippen LogP contribution in [0.5, 0.6) is 34.5 Å². The van der Waals surface area contributed by atoms with Crippen LogP contribution in [0.25, 0.3) is 36.5 Å². The summed E-state index contributed by atoms with van der Waals surface area (Å²) in [6.45, 7) is 0. The Balaban J connectivity index is 1.44. The summed E-state index contributed by atoms with van der Waals surface area (Å²) in [4.78, 5) is 0. The lowest BCUT2D eigenvalue weighted by Crippen LogP contribution is -2.44. The number of hydrogen-bond acceptors (Lipinski definition) is 14. The van der Waals surface area contributed by atoms with E-state index in [1.54, 1.807) is 56.9 Å². The Labute approximate surface area is 524 Å². The minimum absolute atomic E-state index is 0.261. The summed E-state index contributed by atoms with van der Waals surface area (Å²) in [6.07, 6.45) is 22.4. The van der Waals surface area contributed by atoms with Crippen LogP contribution in [0.3, 0.4) is 0 Å². The van der Waals surface area contributed by atoms with Gasteiger partial charge in [-0.15, -0.1) is 0 Å². The van der Waals surface area contributed by atoms with Crippen LogP contribution in [0.15, 0.2) is 227 Å². The Kier molecular flexibility index (Phi) is 22.5. The van der Waals surface area contributed by atoms with Gasteiger partial charge in [-0.2, -0.15) is 0 Å². The number of hydrogen-bond donors (Lipinski definition) is 0. The molecular formula is C74H78O14S. The molecule has 2 aliphatic rings. The Hall–Kier alpha value is -9.41. The van der Waals surface area contributed by atoms with Gasteiger partial charge >= 0.3 is 0 Å². The average molecular weight is 1220 g/mol. The molecule has 0 saturated carbocycles. The summed E-state index contributed by atoms with van der Waals surface area (Å²) < 4.78 is 108. The van der Waals surface area contributed by atoms with E-state index in [-0.39, 0.29) is 23.0 Å². The highest BCUT2D eigenvalue weighted by atomic mass is 32.2. The number of rotatable bonds is 28. The fourth-order valence-electron chi connectivity index (χ4n) is 11.6. The second kappa shape index (κ2) is 30.5. The van der Waals surface area contributed by atoms with Crippen molar-refractivity contribution in [3.8, 4) is 34.5 Å². The maximum Gasteiger partial charge on any atom is 0.200 e. The predicted molar refractivity (Wildman–Crippen MR) is 353 cm³/mol. The summed E-state index contributed by atoms with van der Waals surface area (Å²) in [6, 6.07) is 45.3. The van der Waals surface area contributed by atoms with E-state index in [0.717, 1.165) is 33.4 Å². The second-order valence-electron chi connectivity index (χ2n) is 20.5. The molecule has 0 unspecified atom stereocenters. The molecule has 0 aromatic heterocycles. The van der Waals surface area contributed by atoms with Crippen LogP contribution in [0.1, 0.15) is 33.4 Å². The van der Waals surface area contributed by atoms with Crippen molar-refractivity contribution < 1.29 is 65.3 Å². The first-order valence-electron chi connectivity index (χ1n) is 28.7. The van der Waals surface area contributed by atoms with Gasteiger partial charge in [0.25, 0.3) is 0 Å². The molecule has 6 aromatic rings. The van der Waals surface area contributed by atoms with Gasteiger partial charge in [-0.05, 0) is 48.6 Å². The molecule has 0 bridgehead atoms. The first kappa shape index (κ1) is 65.6. The molecule has 15 heteroatoms. The van der Waals surface area contributed by atoms with Gasteiger partial charge in [0.2, 0.25) is 11.2 Å². The Morgan fingerprint density at radius 2 is 0.494 bits per heavy atom. The lowest BCUT2D eigenvalue weighted by molar-refractivity contribution is 0.000774. The normalized spacial score (nSPS) is 19.1. The Morgan fingerprint density at radius 3 is 0.685 bits per heavy atom. The Bertz CT molecular complexity index is 3480. The number of sulfone groups is 1. The molecule has 0 amide bonds. The Morgan fingerprint density at radius 1 is 0.292 bits per heavy atom. The van der Waals surface area contributed by atoms with E-state index in [1.807, 2.05) is 219 Å². The fourth-order valence-corrected chi connectivity index (χ4v) is 13.4. The molecule has 0 N–H and O–H groups in total. The number of ether oxygens (including phenoxy) is 12. The van der Waals surface area contributed by atoms with E-state index < -0.39 is 44.4 Å². The first-order chi connectivity index (χ1) is 43.3. The highest BCUT2D eigenvalue weighted by Crippen LogP contribution is 2.51. The van der Waals surface area contributed by atoms with E-state index in [9.17, 15) is 0 Å². The predicted octanol–water partition coefficient (Wildman–Crippen LogP) is 14.4. The molecule has 8 rings (SSSR count). The van der Waals surface area contributed by atoms with Crippen molar-refractivity contribution in [1.82, 2.24) is 0 Å². The van der Waals surface area contributed by atoms with Gasteiger partial charge in [-0.1, -0.05) is 170 Å². The van der Waals surface area contributed by atoms with Crippen LogP contribution in [0, 0.1) is 11.8 Å². The molecule has 0 aliphatic heterocycles. The first-order valence-corrected chi connectivity index (χ1v) is 30.5. The second-order valence-corrected chi connectivity index (χ2v) is 22.6. The SMILES string of the molecule is COC1=C(/C=C/c2ccccc2OC)C(CS(=O)(=O)CC2C(/C=C/c3ccccc3OC)=C(OC)C(/C=C/c3ccccc3OC)(OC)C(OC)=C2/C=C/c2ccccc2OC)C(/C=C/c2ccccc2OC)=C(OC)C1(/C=C/c1ccccc1OC)OC. The highest BCUT2D eigenvalue weighted by molar-refractivity contribution is 7.91. The van der Waals surface area contributed by atoms with Gasteiger partial charge in [0, 0.05) is 81.7 Å². The molecule has 0 atom stereocenters. The van der Waals surface area contributed by atoms with Crippen LogP contribution in [0.4, 0.5) is 0 Å². The van der Waals surface area contributed by atoms with Crippen molar-refractivity contribution in [1.29, 1.82) is 0 Å². The molecule has 89 heavy (non-hydrogen) atoms. The van der Waals surface area contributed by atoms with E-state index in [1.165, 1.54) is 28.4 Å². The summed E-state index contributed by atoms with van der Waals surface area (Å²) in [5.41, 5.74) is 2.97. The van der Waals surface area contributed by atoms with Crippen LogP contribution in [0.2, 0.25) is 0 Å². The van der Waals surface area contributed by atoms with Gasteiger partial charge in [0.05, 0.1) is 82.6 Å². The van der Waals surface area contributed by atoms with Crippen LogP contribution >= 0.6 is 0 Å². The molecule has 0 heterocycles. The number of allylic oxidation sites excluding steroid dienone is 8. The standard InChI is InChI=1S/C74H78O14S/c1-77-63-31-19-13-25-51(63)37-41-57-61(58(42-38-52-26-14-20-32-64(52)78-2)70(84-8)73(87-11,69(57)83-7)47-45-55-29-17-23-35-67(55)81-5)49-89(75,76)50-62-59(43-39-53-27-15-21-33-65(53)79-3)71(85-9)74(88-12,48-46-56-30-18-24-36-68(56)82-6)72(86-10)60(62)44-40-54-28-16-22-34-66(54)80-4/h13-48,61-62H,49-50H2,1-12H3/b41-37+,42-38+,43-39+,44-40+,47-45+,48-46+. The lowest BCUT2D eigenvalue weighted by atomic mass is 9.76. The molecule has 0 radical (unpaired) electrons. The van der Waals surface area contributed by atoms with Gasteiger partial charge in [0.15, 0.2) is 9.84 Å². The molecular weight excluding hydrogens is 1140 g/mol. The van der Waals surface area contributed by atoms with E-state index in [0.29, 0.717) is 56.8 Å². The summed E-state index contributed by atoms with van der Waals surface area (Å²) >= 11 is 0. The fraction of sp³-hybridized carbons (Fsp3) is 0.243. The lowest BCUT2D eigenvalue weighted by Gasteiger charge is -2.42. The number of benzene rings is 6. The van der Waals surface area contributed by atoms with Gasteiger partial charge in [-0.3, -0.25) is 0 Å². The third kappa shape index (κ3) is 14.1.